The summed E-state index contributed by atoms with van der Waals surface area (Å²) in [7, 11) is 0. The third-order valence-electron chi connectivity index (χ3n) is 5.52. The molecule has 0 aromatic heterocycles. The molecule has 4 rings (SSSR count). The van der Waals surface area contributed by atoms with E-state index in [1.807, 2.05) is 4.90 Å². The lowest BCUT2D eigenvalue weighted by atomic mass is 9.87. The predicted molar refractivity (Wildman–Crippen MR) is 108 cm³/mol. The van der Waals surface area contributed by atoms with Crippen molar-refractivity contribution in [3.63, 3.8) is 0 Å². The molecule has 0 unspecified atom stereocenters. The molecule has 2 aromatic carbocycles. The van der Waals surface area contributed by atoms with Gasteiger partial charge in [-0.15, -0.1) is 0 Å². The fourth-order valence-corrected chi connectivity index (χ4v) is 4.27. The number of rotatable bonds is 2. The van der Waals surface area contributed by atoms with Crippen LogP contribution >= 0.6 is 0 Å². The van der Waals surface area contributed by atoms with Crippen LogP contribution in [0, 0.1) is 0 Å². The Hall–Kier alpha value is -3.03. The number of anilines is 1. The Kier molecular flexibility index (Phi) is 4.72. The Labute approximate surface area is 166 Å². The fourth-order valence-electron chi connectivity index (χ4n) is 4.27. The van der Waals surface area contributed by atoms with Gasteiger partial charge in [0.05, 0.1) is 5.56 Å². The van der Waals surface area contributed by atoms with E-state index in [4.69, 9.17) is 11.5 Å². The number of guanidine groups is 2. The molecular weight excluding hydrogens is 379 g/mol. The van der Waals surface area contributed by atoms with Gasteiger partial charge in [0.1, 0.15) is 5.66 Å². The van der Waals surface area contributed by atoms with Crippen molar-refractivity contribution in [2.75, 3.05) is 4.90 Å². The summed E-state index contributed by atoms with van der Waals surface area (Å²) in [6.07, 6.45) is 0.285. The molecule has 0 atom stereocenters. The number of alkyl halides is 3. The van der Waals surface area contributed by atoms with E-state index >= 15 is 0 Å². The van der Waals surface area contributed by atoms with Crippen molar-refractivity contribution in [2.24, 2.45) is 21.5 Å². The largest absolute Gasteiger partial charge is 0.417 e. The second-order valence-electron chi connectivity index (χ2n) is 7.41. The summed E-state index contributed by atoms with van der Waals surface area (Å²) >= 11 is 0. The van der Waals surface area contributed by atoms with Gasteiger partial charge in [0.25, 0.3) is 0 Å². The number of hydrogen-bond donors (Lipinski definition) is 2. The lowest BCUT2D eigenvalue weighted by molar-refractivity contribution is -0.137. The van der Waals surface area contributed by atoms with Crippen LogP contribution in [0.4, 0.5) is 18.9 Å². The Bertz CT molecular complexity index is 957. The van der Waals surface area contributed by atoms with E-state index in [0.29, 0.717) is 5.56 Å². The zero-order valence-electron chi connectivity index (χ0n) is 15.8. The van der Waals surface area contributed by atoms with Gasteiger partial charge in [-0.05, 0) is 55.0 Å². The predicted octanol–water partition coefficient (Wildman–Crippen LogP) is 4.48. The highest BCUT2D eigenvalue weighted by molar-refractivity contribution is 6.05. The average molecular weight is 401 g/mol. The normalized spacial score (nSPS) is 19.1. The highest BCUT2D eigenvalue weighted by Gasteiger charge is 2.42. The summed E-state index contributed by atoms with van der Waals surface area (Å²) in [4.78, 5) is 10.6. The minimum absolute atomic E-state index is 0.140. The molecule has 2 aliphatic rings. The average Bonchev–Trinajstić information content (AvgIpc) is 2.68. The molecule has 1 heterocycles. The first-order valence-corrected chi connectivity index (χ1v) is 9.57. The highest BCUT2D eigenvalue weighted by atomic mass is 19.4. The molecule has 1 spiro atoms. The number of nitrogens with two attached hydrogens (primary N) is 2. The molecule has 4 N–H and O–H groups in total. The maximum atomic E-state index is 13.4. The minimum atomic E-state index is -4.42. The Balaban J connectivity index is 1.72. The molecule has 8 heteroatoms. The van der Waals surface area contributed by atoms with Crippen LogP contribution < -0.4 is 16.4 Å². The second-order valence-corrected chi connectivity index (χ2v) is 7.41. The zero-order valence-corrected chi connectivity index (χ0v) is 15.8. The monoisotopic (exact) mass is 401 g/mol. The third-order valence-corrected chi connectivity index (χ3v) is 5.52. The number of hydrogen-bond acceptors (Lipinski definition) is 5. The van der Waals surface area contributed by atoms with Gasteiger partial charge in [-0.1, -0.05) is 36.8 Å². The maximum Gasteiger partial charge on any atom is 0.417 e. The van der Waals surface area contributed by atoms with Gasteiger partial charge in [-0.3, -0.25) is 4.90 Å². The number of nitrogens with zero attached hydrogens (tertiary/aromatic N) is 3. The van der Waals surface area contributed by atoms with Crippen molar-refractivity contribution in [3.8, 4) is 11.1 Å². The summed E-state index contributed by atoms with van der Waals surface area (Å²) in [5, 5.41) is 0. The van der Waals surface area contributed by atoms with Crippen molar-refractivity contribution >= 4 is 17.6 Å². The molecular formula is C21H22F3N5. The molecule has 1 fully saturated rings. The minimum Gasteiger partial charge on any atom is -0.369 e. The summed E-state index contributed by atoms with van der Waals surface area (Å²) in [5.74, 6) is 0.416. The molecule has 1 aliphatic heterocycles. The Morgan fingerprint density at radius 1 is 0.897 bits per heavy atom. The summed E-state index contributed by atoms with van der Waals surface area (Å²) < 4.78 is 40.1. The maximum absolute atomic E-state index is 13.4. The second kappa shape index (κ2) is 7.09. The first-order chi connectivity index (χ1) is 13.8. The van der Waals surface area contributed by atoms with E-state index in [-0.39, 0.29) is 17.5 Å². The fraction of sp³-hybridized carbons (Fsp3) is 0.333. The Morgan fingerprint density at radius 2 is 1.55 bits per heavy atom. The van der Waals surface area contributed by atoms with Gasteiger partial charge < -0.3 is 11.5 Å². The first-order valence-electron chi connectivity index (χ1n) is 9.57. The van der Waals surface area contributed by atoms with E-state index in [2.05, 4.69) is 9.98 Å². The van der Waals surface area contributed by atoms with Crippen molar-refractivity contribution in [1.29, 1.82) is 0 Å². The van der Waals surface area contributed by atoms with E-state index in [0.717, 1.165) is 43.9 Å². The highest BCUT2D eigenvalue weighted by Crippen LogP contribution is 2.41. The summed E-state index contributed by atoms with van der Waals surface area (Å²) in [6.45, 7) is 0. The molecule has 5 nitrogen and oxygen atoms in total. The summed E-state index contributed by atoms with van der Waals surface area (Å²) in [6, 6.07) is 12.4. The zero-order chi connectivity index (χ0) is 20.6. The molecule has 152 valence electrons. The van der Waals surface area contributed by atoms with Crippen LogP contribution in [0.5, 0.6) is 0 Å². The number of halogens is 3. The molecule has 1 saturated carbocycles. The van der Waals surface area contributed by atoms with Crippen molar-refractivity contribution in [3.05, 3.63) is 54.1 Å². The number of aliphatic imine (C=N–C) groups is 2. The topological polar surface area (TPSA) is 80.0 Å². The van der Waals surface area contributed by atoms with E-state index in [1.165, 1.54) is 12.1 Å². The van der Waals surface area contributed by atoms with Crippen molar-refractivity contribution in [1.82, 2.24) is 0 Å². The van der Waals surface area contributed by atoms with Crippen LogP contribution in [-0.2, 0) is 6.18 Å². The van der Waals surface area contributed by atoms with E-state index in [9.17, 15) is 13.2 Å². The third kappa shape index (κ3) is 3.54. The van der Waals surface area contributed by atoms with Crippen LogP contribution in [0.1, 0.15) is 37.7 Å². The first kappa shape index (κ1) is 19.3. The van der Waals surface area contributed by atoms with Gasteiger partial charge in [0.15, 0.2) is 0 Å². The van der Waals surface area contributed by atoms with Gasteiger partial charge in [0, 0.05) is 5.69 Å². The van der Waals surface area contributed by atoms with Gasteiger partial charge in [-0.25, -0.2) is 4.99 Å². The summed E-state index contributed by atoms with van der Waals surface area (Å²) in [5.41, 5.74) is 12.2. The number of benzene rings is 2. The van der Waals surface area contributed by atoms with Crippen LogP contribution in [0.25, 0.3) is 11.1 Å². The molecule has 0 radical (unpaired) electrons. The molecule has 0 saturated heterocycles. The van der Waals surface area contributed by atoms with Crippen molar-refractivity contribution in [2.45, 2.75) is 43.9 Å². The van der Waals surface area contributed by atoms with Gasteiger partial charge >= 0.3 is 6.18 Å². The molecule has 2 aromatic rings. The molecule has 0 bridgehead atoms. The standard InChI is InChI=1S/C21H22F3N5/c22-21(23,24)17-7-3-2-6-16(17)14-8-10-15(11-9-14)29-19(26)27-18(25)28-20(29)12-4-1-5-13-20/h2-3,6-11H,1,4-5,12-13H2,(H4,25,26,27,28). The van der Waals surface area contributed by atoms with Crippen LogP contribution in [0.2, 0.25) is 0 Å². The van der Waals surface area contributed by atoms with Gasteiger partial charge in [-0.2, -0.15) is 18.2 Å². The molecule has 1 aliphatic carbocycles. The molecule has 29 heavy (non-hydrogen) atoms. The van der Waals surface area contributed by atoms with Crippen LogP contribution in [0.15, 0.2) is 58.5 Å². The SMILES string of the molecule is NC1=NC2(CCCCC2)N(c2ccc(-c3ccccc3C(F)(F)F)cc2)C(N)=N1. The van der Waals surface area contributed by atoms with Gasteiger partial charge in [0.2, 0.25) is 11.9 Å². The van der Waals surface area contributed by atoms with E-state index in [1.54, 1.807) is 30.3 Å². The van der Waals surface area contributed by atoms with Crippen LogP contribution in [0.3, 0.4) is 0 Å². The molecule has 0 amide bonds. The lowest BCUT2D eigenvalue weighted by Gasteiger charge is -2.45. The quantitative estimate of drug-likeness (QED) is 0.779. The van der Waals surface area contributed by atoms with E-state index < -0.39 is 17.4 Å². The lowest BCUT2D eigenvalue weighted by Crippen LogP contribution is -2.58. The Morgan fingerprint density at radius 3 is 2.21 bits per heavy atom. The van der Waals surface area contributed by atoms with Crippen LogP contribution in [-0.4, -0.2) is 17.6 Å². The smallest absolute Gasteiger partial charge is 0.369 e. The van der Waals surface area contributed by atoms with Crippen molar-refractivity contribution < 1.29 is 13.2 Å².